The molecule has 150 valence electrons. The van der Waals surface area contributed by atoms with Crippen LogP contribution in [0.1, 0.15) is 34.6 Å². The summed E-state index contributed by atoms with van der Waals surface area (Å²) in [5.41, 5.74) is 7.29. The molecule has 0 radical (unpaired) electrons. The van der Waals surface area contributed by atoms with Crippen LogP contribution in [0.15, 0.2) is 30.8 Å². The van der Waals surface area contributed by atoms with E-state index < -0.39 is 5.97 Å². The zero-order valence-corrected chi connectivity index (χ0v) is 16.7. The Labute approximate surface area is 168 Å². The number of hydrogen-bond donors (Lipinski definition) is 1. The molecule has 29 heavy (non-hydrogen) atoms. The van der Waals surface area contributed by atoms with Crippen molar-refractivity contribution < 1.29 is 22.8 Å². The van der Waals surface area contributed by atoms with Crippen molar-refractivity contribution in [3.8, 4) is 11.5 Å². The monoisotopic (exact) mass is 415 g/mol. The van der Waals surface area contributed by atoms with Crippen molar-refractivity contribution >= 4 is 34.6 Å². The van der Waals surface area contributed by atoms with Gasteiger partial charge in [-0.2, -0.15) is 4.98 Å². The van der Waals surface area contributed by atoms with E-state index in [1.165, 1.54) is 11.8 Å². The molecule has 0 fully saturated rings. The van der Waals surface area contributed by atoms with E-state index in [0.717, 1.165) is 5.56 Å². The minimum atomic E-state index is -0.519. The van der Waals surface area contributed by atoms with E-state index in [2.05, 4.69) is 20.2 Å². The summed E-state index contributed by atoms with van der Waals surface area (Å²) in [6, 6.07) is 1.76. The number of aryl methyl sites for hydroxylation is 2. The lowest BCUT2D eigenvalue weighted by Gasteiger charge is -2.03. The van der Waals surface area contributed by atoms with Crippen molar-refractivity contribution in [1.82, 2.24) is 20.2 Å². The number of ether oxygens (including phenoxy) is 1. The van der Waals surface area contributed by atoms with Crippen LogP contribution in [-0.2, 0) is 10.5 Å². The summed E-state index contributed by atoms with van der Waals surface area (Å²) < 4.78 is 21.5. The molecule has 0 bridgehead atoms. The van der Waals surface area contributed by atoms with Gasteiger partial charge in [-0.1, -0.05) is 11.8 Å². The van der Waals surface area contributed by atoms with Crippen LogP contribution in [0, 0.1) is 13.8 Å². The first-order valence-electron chi connectivity index (χ1n) is 8.71. The average Bonchev–Trinajstić information content (AvgIpc) is 3.38. The molecule has 0 atom stereocenters. The molecule has 11 heteroatoms. The van der Waals surface area contributed by atoms with Crippen molar-refractivity contribution in [2.75, 3.05) is 12.3 Å². The molecular formula is C18H17N5O5S. The van der Waals surface area contributed by atoms with Gasteiger partial charge >= 0.3 is 5.97 Å². The number of nitrogens with zero attached hydrogens (tertiary/aromatic N) is 4. The van der Waals surface area contributed by atoms with Crippen LogP contribution in [-0.4, -0.2) is 32.7 Å². The Kier molecular flexibility index (Phi) is 4.97. The number of hydrogen-bond acceptors (Lipinski definition) is 11. The molecule has 0 unspecified atom stereocenters. The molecule has 0 amide bonds. The summed E-state index contributed by atoms with van der Waals surface area (Å²) in [7, 11) is 0. The summed E-state index contributed by atoms with van der Waals surface area (Å²) in [4.78, 5) is 20.8. The van der Waals surface area contributed by atoms with Gasteiger partial charge in [-0.3, -0.25) is 0 Å². The molecule has 0 aliphatic rings. The number of carbonyl (C=O) groups is 1. The van der Waals surface area contributed by atoms with Gasteiger partial charge < -0.3 is 23.7 Å². The highest BCUT2D eigenvalue weighted by Gasteiger charge is 2.24. The Morgan fingerprint density at radius 3 is 2.76 bits per heavy atom. The van der Waals surface area contributed by atoms with Crippen LogP contribution < -0.4 is 5.73 Å². The van der Waals surface area contributed by atoms with Crippen LogP contribution in [0.5, 0.6) is 0 Å². The molecule has 4 rings (SSSR count). The first-order chi connectivity index (χ1) is 14.0. The maximum Gasteiger partial charge on any atom is 0.342 e. The van der Waals surface area contributed by atoms with Gasteiger partial charge in [-0.15, -0.1) is 10.2 Å². The number of thioether (sulfide) groups is 1. The summed E-state index contributed by atoms with van der Waals surface area (Å²) in [6.07, 6.45) is 1.56. The number of nitrogen functional groups attached to an aromatic ring is 1. The summed E-state index contributed by atoms with van der Waals surface area (Å²) in [5.74, 6) is 1.79. The summed E-state index contributed by atoms with van der Waals surface area (Å²) >= 11 is 1.26. The van der Waals surface area contributed by atoms with Gasteiger partial charge in [0.2, 0.25) is 5.71 Å². The summed E-state index contributed by atoms with van der Waals surface area (Å²) in [6.45, 7) is 5.43. The maximum atomic E-state index is 12.2. The topological polar surface area (TPSA) is 143 Å². The van der Waals surface area contributed by atoms with Gasteiger partial charge in [-0.25, -0.2) is 9.78 Å². The van der Waals surface area contributed by atoms with E-state index in [0.29, 0.717) is 39.6 Å². The maximum absolute atomic E-state index is 12.2. The predicted molar refractivity (Wildman–Crippen MR) is 103 cm³/mol. The van der Waals surface area contributed by atoms with E-state index >= 15 is 0 Å². The highest BCUT2D eigenvalue weighted by Crippen LogP contribution is 2.31. The number of aromatic nitrogens is 4. The second kappa shape index (κ2) is 7.59. The third-order valence-electron chi connectivity index (χ3n) is 4.10. The Balaban J connectivity index is 1.56. The number of carbonyl (C=O) groups excluding carboxylic acids is 1. The minimum Gasteiger partial charge on any atom is -0.469 e. The first-order valence-corrected chi connectivity index (χ1v) is 9.69. The molecule has 10 nitrogen and oxygen atoms in total. The summed E-state index contributed by atoms with van der Waals surface area (Å²) in [5, 5.41) is 8.73. The predicted octanol–water partition coefficient (Wildman–Crippen LogP) is 3.53. The zero-order chi connectivity index (χ0) is 20.5. The van der Waals surface area contributed by atoms with Gasteiger partial charge in [0.05, 0.1) is 29.6 Å². The molecule has 4 aromatic heterocycles. The van der Waals surface area contributed by atoms with Gasteiger partial charge in [0, 0.05) is 0 Å². The van der Waals surface area contributed by atoms with E-state index in [1.54, 1.807) is 26.2 Å². The van der Waals surface area contributed by atoms with Crippen molar-refractivity contribution in [3.63, 3.8) is 0 Å². The van der Waals surface area contributed by atoms with Crippen molar-refractivity contribution in [2.45, 2.75) is 31.7 Å². The lowest BCUT2D eigenvalue weighted by atomic mass is 10.2. The molecule has 0 saturated carbocycles. The Bertz CT molecular complexity index is 1190. The second-order valence-corrected chi connectivity index (χ2v) is 6.94. The lowest BCUT2D eigenvalue weighted by Crippen LogP contribution is -2.07. The normalized spacial score (nSPS) is 11.3. The molecule has 0 aromatic carbocycles. The number of anilines is 1. The van der Waals surface area contributed by atoms with E-state index in [4.69, 9.17) is 23.7 Å². The number of furan rings is 2. The zero-order valence-electron chi connectivity index (χ0n) is 15.9. The fraction of sp³-hybridized carbons (Fsp3) is 0.278. The first kappa shape index (κ1) is 19.0. The van der Waals surface area contributed by atoms with Crippen molar-refractivity contribution in [1.29, 1.82) is 0 Å². The van der Waals surface area contributed by atoms with Crippen LogP contribution in [0.25, 0.3) is 22.6 Å². The van der Waals surface area contributed by atoms with Crippen LogP contribution in [0.2, 0.25) is 0 Å². The molecule has 4 heterocycles. The van der Waals surface area contributed by atoms with E-state index in [-0.39, 0.29) is 23.7 Å². The molecule has 0 saturated heterocycles. The van der Waals surface area contributed by atoms with Crippen LogP contribution in [0.4, 0.5) is 5.82 Å². The quantitative estimate of drug-likeness (QED) is 0.365. The minimum absolute atomic E-state index is 0.144. The molecule has 2 N–H and O–H groups in total. The lowest BCUT2D eigenvalue weighted by molar-refractivity contribution is 0.0526. The SMILES string of the molecule is CCOC(=O)c1c(C)oc2nc(CSc3nnc(-c4ccoc4C)o3)nc(N)c12. The van der Waals surface area contributed by atoms with Gasteiger partial charge in [0.1, 0.15) is 28.7 Å². The van der Waals surface area contributed by atoms with Gasteiger partial charge in [0.15, 0.2) is 0 Å². The molecular weight excluding hydrogens is 398 g/mol. The third-order valence-corrected chi connectivity index (χ3v) is 4.92. The average molecular weight is 415 g/mol. The molecule has 0 aliphatic heterocycles. The Hall–Kier alpha value is -3.34. The largest absolute Gasteiger partial charge is 0.469 e. The molecule has 0 aliphatic carbocycles. The Morgan fingerprint density at radius 1 is 1.21 bits per heavy atom. The third kappa shape index (κ3) is 3.56. The van der Waals surface area contributed by atoms with Crippen molar-refractivity contribution in [2.24, 2.45) is 0 Å². The highest BCUT2D eigenvalue weighted by atomic mass is 32.2. The standard InChI is InChI=1S/C18H17N5O5S/c1-4-25-17(24)12-9(3)27-16-13(12)14(19)20-11(21-16)7-29-18-23-22-15(28-18)10-5-6-26-8(10)2/h5-6H,4,7H2,1-3H3,(H2,19,20,21). The number of rotatable bonds is 6. The highest BCUT2D eigenvalue weighted by molar-refractivity contribution is 7.98. The van der Waals surface area contributed by atoms with Crippen LogP contribution >= 0.6 is 11.8 Å². The second-order valence-electron chi connectivity index (χ2n) is 6.01. The smallest absolute Gasteiger partial charge is 0.342 e. The van der Waals surface area contributed by atoms with E-state index in [9.17, 15) is 4.79 Å². The Morgan fingerprint density at radius 2 is 2.03 bits per heavy atom. The van der Waals surface area contributed by atoms with Crippen molar-refractivity contribution in [3.05, 3.63) is 35.2 Å². The van der Waals surface area contributed by atoms with Gasteiger partial charge in [-0.05, 0) is 26.8 Å². The number of fused-ring (bicyclic) bond motifs is 1. The molecule has 0 spiro atoms. The number of nitrogens with two attached hydrogens (primary N) is 1. The van der Waals surface area contributed by atoms with E-state index in [1.807, 2.05) is 6.92 Å². The number of esters is 1. The fourth-order valence-corrected chi connectivity index (χ4v) is 3.43. The molecule has 4 aromatic rings. The fourth-order valence-electron chi connectivity index (χ4n) is 2.81. The van der Waals surface area contributed by atoms with Crippen LogP contribution in [0.3, 0.4) is 0 Å². The van der Waals surface area contributed by atoms with Gasteiger partial charge in [0.25, 0.3) is 11.1 Å².